The van der Waals surface area contributed by atoms with E-state index >= 15 is 0 Å². The fraction of sp³-hybridized carbons (Fsp3) is 0.304. The van der Waals surface area contributed by atoms with Crippen molar-refractivity contribution in [3.8, 4) is 34.3 Å². The number of methoxy groups -OCH3 is 2. The molecule has 3 aromatic rings. The van der Waals surface area contributed by atoms with Gasteiger partial charge in [-0.25, -0.2) is 0 Å². The summed E-state index contributed by atoms with van der Waals surface area (Å²) in [5, 5.41) is 2.17. The second kappa shape index (κ2) is 8.59. The number of rotatable bonds is 2. The first-order chi connectivity index (χ1) is 14.0. The maximum Gasteiger partial charge on any atom is 0.231 e. The third-order valence-corrected chi connectivity index (χ3v) is 5.00. The van der Waals surface area contributed by atoms with Gasteiger partial charge in [0, 0.05) is 12.5 Å². The molecule has 0 atom stereocenters. The van der Waals surface area contributed by atoms with Crippen LogP contribution in [-0.4, -0.2) is 32.3 Å². The predicted octanol–water partition coefficient (Wildman–Crippen LogP) is 3.51. The van der Waals surface area contributed by atoms with Crippen molar-refractivity contribution >= 4 is 16.6 Å². The highest BCUT2D eigenvalue weighted by atomic mass is 16.7. The lowest BCUT2D eigenvalue weighted by molar-refractivity contribution is -0.686. The van der Waals surface area contributed by atoms with Gasteiger partial charge in [-0.05, 0) is 49.1 Å². The van der Waals surface area contributed by atoms with E-state index < -0.39 is 0 Å². The number of hydrogen-bond acceptors (Lipinski definition) is 6. The van der Waals surface area contributed by atoms with E-state index in [1.54, 1.807) is 14.2 Å². The third kappa shape index (κ3) is 3.76. The van der Waals surface area contributed by atoms with Gasteiger partial charge < -0.3 is 29.2 Å². The summed E-state index contributed by atoms with van der Waals surface area (Å²) in [6, 6.07) is 10.4. The molecule has 0 unspecified atom stereocenters. The summed E-state index contributed by atoms with van der Waals surface area (Å²) in [6.45, 7) is 4.27. The quantitative estimate of drug-likeness (QED) is 0.600. The lowest BCUT2D eigenvalue weighted by Gasteiger charge is -2.17. The second-order valence-electron chi connectivity index (χ2n) is 7.18. The number of ketones is 1. The Balaban J connectivity index is 0.000000473. The summed E-state index contributed by atoms with van der Waals surface area (Å²) in [4.78, 5) is 9.44. The highest BCUT2D eigenvalue weighted by Gasteiger charge is 2.28. The van der Waals surface area contributed by atoms with Crippen molar-refractivity contribution in [2.75, 3.05) is 21.0 Å². The van der Waals surface area contributed by atoms with Gasteiger partial charge in [-0.15, -0.1) is 0 Å². The molecule has 0 amide bonds. The van der Waals surface area contributed by atoms with Crippen molar-refractivity contribution in [2.45, 2.75) is 26.8 Å². The first-order valence-electron chi connectivity index (χ1n) is 9.50. The number of carbonyl (C=O) groups excluding carboxylic acids is 1. The van der Waals surface area contributed by atoms with E-state index in [-0.39, 0.29) is 11.3 Å². The highest BCUT2D eigenvalue weighted by Crippen LogP contribution is 2.41. The zero-order valence-electron chi connectivity index (χ0n) is 17.5. The number of benzene rings is 2. The molecule has 158 valence electrons. The lowest BCUT2D eigenvalue weighted by Crippen LogP contribution is -2.40. The molecular formula is C23H25NO6. The molecule has 0 radical (unpaired) electrons. The molecule has 7 nitrogen and oxygen atoms in total. The van der Waals surface area contributed by atoms with E-state index in [4.69, 9.17) is 18.9 Å². The standard InChI is InChI=1S/C20H18NO4.C3H6O.H2O/c1-22-17-4-3-12-7-16-14-9-19-18(24-11-25-19)8-13(14)5-6-21(16)10-15(12)20(17)23-2;1-3(2)4;/h3-4,7-10H,5-6,11H2,1-2H3;1-2H3;1H2/q+1;;/p-1. The van der Waals surface area contributed by atoms with Crippen LogP contribution in [0, 0.1) is 0 Å². The van der Waals surface area contributed by atoms with Crippen LogP contribution in [0.15, 0.2) is 36.5 Å². The molecule has 0 saturated carbocycles. The Kier molecular flexibility index (Phi) is 6.12. The zero-order chi connectivity index (χ0) is 20.5. The fourth-order valence-electron chi connectivity index (χ4n) is 3.77. The summed E-state index contributed by atoms with van der Waals surface area (Å²) < 4.78 is 24.4. The number of Topliss-reactive ketones (excluding diaryl/α,β-unsaturated/α-hetero) is 1. The van der Waals surface area contributed by atoms with E-state index in [9.17, 15) is 4.79 Å². The molecule has 5 rings (SSSR count). The molecule has 2 aromatic carbocycles. The molecule has 7 heteroatoms. The smallest absolute Gasteiger partial charge is 0.231 e. The maximum atomic E-state index is 9.44. The van der Waals surface area contributed by atoms with Crippen LogP contribution in [-0.2, 0) is 17.8 Å². The van der Waals surface area contributed by atoms with Crippen molar-refractivity contribution < 1.29 is 33.8 Å². The molecule has 0 bridgehead atoms. The summed E-state index contributed by atoms with van der Waals surface area (Å²) >= 11 is 0. The van der Waals surface area contributed by atoms with Gasteiger partial charge >= 0.3 is 0 Å². The molecule has 1 aromatic heterocycles. The number of aromatic nitrogens is 1. The van der Waals surface area contributed by atoms with Crippen LogP contribution in [0.3, 0.4) is 0 Å². The number of hydrogen-bond donors (Lipinski definition) is 0. The van der Waals surface area contributed by atoms with E-state index in [0.717, 1.165) is 46.7 Å². The number of aryl methyl sites for hydroxylation is 2. The average Bonchev–Trinajstić information content (AvgIpc) is 3.16. The largest absolute Gasteiger partial charge is 0.870 e. The highest BCUT2D eigenvalue weighted by molar-refractivity contribution is 5.91. The third-order valence-electron chi connectivity index (χ3n) is 5.00. The van der Waals surface area contributed by atoms with Crippen molar-refractivity contribution in [1.82, 2.24) is 0 Å². The van der Waals surface area contributed by atoms with Crippen molar-refractivity contribution in [2.24, 2.45) is 0 Å². The fourth-order valence-corrected chi connectivity index (χ4v) is 3.77. The average molecular weight is 411 g/mol. The van der Waals surface area contributed by atoms with Crippen molar-refractivity contribution in [3.05, 3.63) is 42.1 Å². The van der Waals surface area contributed by atoms with E-state index in [0.29, 0.717) is 6.79 Å². The SMILES string of the molecule is CC(C)=O.COc1ccc2cc3[n+](cc2c1OC)CCc1cc2c(cc1-3)OCO2.[OH-]. The minimum Gasteiger partial charge on any atom is -0.870 e. The van der Waals surface area contributed by atoms with Crippen LogP contribution < -0.4 is 23.5 Å². The molecular weight excluding hydrogens is 386 g/mol. The second-order valence-corrected chi connectivity index (χ2v) is 7.18. The van der Waals surface area contributed by atoms with Crippen LogP contribution in [0.5, 0.6) is 23.0 Å². The molecule has 0 saturated heterocycles. The molecule has 0 spiro atoms. The van der Waals surface area contributed by atoms with Gasteiger partial charge in [0.15, 0.2) is 35.7 Å². The number of carbonyl (C=O) groups is 1. The van der Waals surface area contributed by atoms with Gasteiger partial charge in [0.25, 0.3) is 0 Å². The van der Waals surface area contributed by atoms with E-state index in [1.165, 1.54) is 30.7 Å². The number of pyridine rings is 1. The van der Waals surface area contributed by atoms with Crippen molar-refractivity contribution in [3.63, 3.8) is 0 Å². The predicted molar refractivity (Wildman–Crippen MR) is 111 cm³/mol. The normalized spacial score (nSPS) is 12.7. The Hall–Kier alpha value is -3.32. The Bertz CT molecular complexity index is 1100. The first-order valence-corrected chi connectivity index (χ1v) is 9.50. The summed E-state index contributed by atoms with van der Waals surface area (Å²) in [7, 11) is 3.34. The Morgan fingerprint density at radius 2 is 1.73 bits per heavy atom. The van der Waals surface area contributed by atoms with Crippen LogP contribution in [0.2, 0.25) is 0 Å². The molecule has 1 N–H and O–H groups in total. The Morgan fingerprint density at radius 3 is 2.40 bits per heavy atom. The number of fused-ring (bicyclic) bond motifs is 5. The monoisotopic (exact) mass is 411 g/mol. The molecule has 0 fully saturated rings. The van der Waals surface area contributed by atoms with Crippen molar-refractivity contribution in [1.29, 1.82) is 0 Å². The van der Waals surface area contributed by atoms with Gasteiger partial charge in [-0.1, -0.05) is 0 Å². The van der Waals surface area contributed by atoms with E-state index in [1.807, 2.05) is 6.07 Å². The summed E-state index contributed by atoms with van der Waals surface area (Å²) in [5.74, 6) is 3.35. The van der Waals surface area contributed by atoms with Crippen LogP contribution in [0.1, 0.15) is 19.4 Å². The van der Waals surface area contributed by atoms with Crippen LogP contribution in [0.25, 0.3) is 22.0 Å². The maximum absolute atomic E-state index is 9.44. The van der Waals surface area contributed by atoms with Gasteiger partial charge in [0.2, 0.25) is 12.5 Å². The Morgan fingerprint density at radius 1 is 1.03 bits per heavy atom. The van der Waals surface area contributed by atoms with Crippen LogP contribution in [0.4, 0.5) is 0 Å². The molecule has 0 aliphatic carbocycles. The molecule has 2 aliphatic heterocycles. The summed E-state index contributed by atoms with van der Waals surface area (Å²) in [6.07, 6.45) is 3.11. The topological polar surface area (TPSA) is 87.9 Å². The number of nitrogens with zero attached hydrogens (tertiary/aromatic N) is 1. The molecule has 30 heavy (non-hydrogen) atoms. The first kappa shape index (κ1) is 21.4. The zero-order valence-corrected chi connectivity index (χ0v) is 17.5. The van der Waals surface area contributed by atoms with Gasteiger partial charge in [-0.2, -0.15) is 4.57 Å². The van der Waals surface area contributed by atoms with E-state index in [2.05, 4.69) is 35.0 Å². The minimum atomic E-state index is 0. The number of ether oxygens (including phenoxy) is 4. The van der Waals surface area contributed by atoms with Gasteiger partial charge in [0.1, 0.15) is 5.78 Å². The summed E-state index contributed by atoms with van der Waals surface area (Å²) in [5.41, 5.74) is 3.68. The minimum absolute atomic E-state index is 0. The van der Waals surface area contributed by atoms with Gasteiger partial charge in [-0.3, -0.25) is 0 Å². The van der Waals surface area contributed by atoms with Crippen LogP contribution >= 0.6 is 0 Å². The Labute approximate surface area is 175 Å². The van der Waals surface area contributed by atoms with Gasteiger partial charge in [0.05, 0.1) is 25.2 Å². The molecule has 2 aliphatic rings. The molecule has 3 heterocycles. The lowest BCUT2D eigenvalue weighted by atomic mass is 9.95.